The molecule has 0 bridgehead atoms. The second kappa shape index (κ2) is 5.45. The van der Waals surface area contributed by atoms with Crippen LogP contribution in [0.1, 0.15) is 11.1 Å². The molecule has 3 nitrogen and oxygen atoms in total. The highest BCUT2D eigenvalue weighted by Crippen LogP contribution is 2.24. The quantitative estimate of drug-likeness (QED) is 0.478. The lowest BCUT2D eigenvalue weighted by atomic mass is 10.0. The fourth-order valence-corrected chi connectivity index (χ4v) is 1.97. The van der Waals surface area contributed by atoms with E-state index in [9.17, 15) is 4.79 Å². The number of hydrogen-bond acceptors (Lipinski definition) is 3. The Kier molecular flexibility index (Phi) is 3.72. The molecule has 0 fully saturated rings. The van der Waals surface area contributed by atoms with Gasteiger partial charge in [-0.25, -0.2) is 4.79 Å². The third kappa shape index (κ3) is 2.53. The maximum atomic E-state index is 11.9. The van der Waals surface area contributed by atoms with E-state index in [0.29, 0.717) is 23.3 Å². The molecule has 1 aromatic carbocycles. The first-order valence-corrected chi connectivity index (χ1v) is 5.91. The van der Waals surface area contributed by atoms with Gasteiger partial charge in [-0.2, -0.15) is 0 Å². The monoisotopic (exact) mass is 254 g/mol. The predicted octanol–water partition coefficient (Wildman–Crippen LogP) is 2.84. The number of fused-ring (bicyclic) bond motifs is 1. The van der Waals surface area contributed by atoms with Crippen molar-refractivity contribution in [3.8, 4) is 18.1 Å². The van der Waals surface area contributed by atoms with E-state index >= 15 is 0 Å². The smallest absolute Gasteiger partial charge is 0.340 e. The molecule has 2 aromatic rings. The topological polar surface area (TPSA) is 39.4 Å². The molecule has 0 saturated carbocycles. The third-order valence-electron chi connectivity index (χ3n) is 2.93. The molecular weight excluding hydrogens is 240 g/mol. The average molecular weight is 254 g/mol. The second-order valence-corrected chi connectivity index (χ2v) is 4.14. The average Bonchev–Trinajstić information content (AvgIpc) is 2.41. The van der Waals surface area contributed by atoms with Gasteiger partial charge in [0.15, 0.2) is 0 Å². The van der Waals surface area contributed by atoms with E-state index in [-0.39, 0.29) is 12.2 Å². The van der Waals surface area contributed by atoms with E-state index < -0.39 is 0 Å². The van der Waals surface area contributed by atoms with Gasteiger partial charge in [-0.05, 0) is 31.0 Å². The van der Waals surface area contributed by atoms with Crippen LogP contribution >= 0.6 is 0 Å². The minimum atomic E-state index is -0.334. The van der Waals surface area contributed by atoms with Crippen LogP contribution in [0.5, 0.6) is 5.75 Å². The van der Waals surface area contributed by atoms with Crippen molar-refractivity contribution in [3.05, 3.63) is 52.4 Å². The van der Waals surface area contributed by atoms with Crippen LogP contribution in [-0.2, 0) is 6.42 Å². The summed E-state index contributed by atoms with van der Waals surface area (Å²) in [6, 6.07) is 5.36. The number of allylic oxidation sites excluding steroid dienone is 1. The molecule has 19 heavy (non-hydrogen) atoms. The van der Waals surface area contributed by atoms with Gasteiger partial charge in [0.25, 0.3) is 0 Å². The van der Waals surface area contributed by atoms with Crippen molar-refractivity contribution in [3.63, 3.8) is 0 Å². The lowest BCUT2D eigenvalue weighted by molar-refractivity contribution is 0.370. The van der Waals surface area contributed by atoms with Crippen LogP contribution < -0.4 is 10.4 Å². The molecule has 1 heterocycles. The van der Waals surface area contributed by atoms with E-state index in [4.69, 9.17) is 15.6 Å². The Labute approximate surface area is 111 Å². The maximum Gasteiger partial charge on any atom is 0.340 e. The number of ether oxygens (including phenoxy) is 1. The van der Waals surface area contributed by atoms with Gasteiger partial charge in [-0.1, -0.05) is 12.0 Å². The van der Waals surface area contributed by atoms with Crippen molar-refractivity contribution >= 4 is 11.0 Å². The third-order valence-corrected chi connectivity index (χ3v) is 2.93. The summed E-state index contributed by atoms with van der Waals surface area (Å²) in [6.45, 7) is 5.73. The van der Waals surface area contributed by atoms with Crippen LogP contribution in [0, 0.1) is 19.3 Å². The van der Waals surface area contributed by atoms with Crippen LogP contribution in [0.25, 0.3) is 11.0 Å². The predicted molar refractivity (Wildman–Crippen MR) is 75.5 cm³/mol. The summed E-state index contributed by atoms with van der Waals surface area (Å²) in [4.78, 5) is 11.9. The molecule has 3 heteroatoms. The number of terminal acetylenes is 1. The van der Waals surface area contributed by atoms with Gasteiger partial charge < -0.3 is 9.15 Å². The van der Waals surface area contributed by atoms with E-state index in [0.717, 1.165) is 10.9 Å². The zero-order valence-corrected chi connectivity index (χ0v) is 10.7. The molecule has 0 unspecified atom stereocenters. The van der Waals surface area contributed by atoms with Crippen molar-refractivity contribution < 1.29 is 9.15 Å². The number of benzene rings is 1. The highest BCUT2D eigenvalue weighted by Gasteiger charge is 2.10. The van der Waals surface area contributed by atoms with Gasteiger partial charge in [0.2, 0.25) is 0 Å². The summed E-state index contributed by atoms with van der Waals surface area (Å²) in [7, 11) is 0. The fourth-order valence-electron chi connectivity index (χ4n) is 1.97. The van der Waals surface area contributed by atoms with E-state index in [1.807, 2.05) is 19.1 Å². The summed E-state index contributed by atoms with van der Waals surface area (Å²) in [6.07, 6.45) is 7.32. The number of aryl methyl sites for hydroxylation is 1. The van der Waals surface area contributed by atoms with Gasteiger partial charge in [0, 0.05) is 17.0 Å². The second-order valence-electron chi connectivity index (χ2n) is 4.14. The molecule has 0 N–H and O–H groups in total. The highest BCUT2D eigenvalue weighted by molar-refractivity contribution is 5.82. The summed E-state index contributed by atoms with van der Waals surface area (Å²) < 4.78 is 10.6. The van der Waals surface area contributed by atoms with Crippen LogP contribution in [0.2, 0.25) is 0 Å². The summed E-state index contributed by atoms with van der Waals surface area (Å²) >= 11 is 0. The van der Waals surface area contributed by atoms with Gasteiger partial charge in [0.1, 0.15) is 17.9 Å². The fraction of sp³-hybridized carbons (Fsp3) is 0.188. The van der Waals surface area contributed by atoms with Gasteiger partial charge in [0.05, 0.1) is 0 Å². The normalized spacial score (nSPS) is 10.1. The molecule has 0 atom stereocenters. The highest BCUT2D eigenvalue weighted by atomic mass is 16.5. The molecule has 0 saturated heterocycles. The Bertz CT molecular complexity index is 717. The minimum Gasteiger partial charge on any atom is -0.481 e. The molecule has 0 aliphatic rings. The van der Waals surface area contributed by atoms with E-state index in [1.54, 1.807) is 12.1 Å². The molecule has 0 spiro atoms. The lowest BCUT2D eigenvalue weighted by Gasteiger charge is -2.08. The molecule has 96 valence electrons. The Hall–Kier alpha value is -2.47. The van der Waals surface area contributed by atoms with Gasteiger partial charge >= 0.3 is 5.63 Å². The van der Waals surface area contributed by atoms with Crippen LogP contribution in [-0.4, -0.2) is 6.61 Å². The standard InChI is InChI=1S/C16H14O3/c1-4-6-14-11(3)13-8-7-12(18-9-5-2)10-15(13)19-16(14)17/h2,4,7-8,10H,1,6,9H2,3H3. The van der Waals surface area contributed by atoms with Crippen molar-refractivity contribution in [1.29, 1.82) is 0 Å². The summed E-state index contributed by atoms with van der Waals surface area (Å²) in [5.74, 6) is 2.97. The number of hydrogen-bond donors (Lipinski definition) is 0. The van der Waals surface area contributed by atoms with Gasteiger partial charge in [-0.3, -0.25) is 0 Å². The zero-order chi connectivity index (χ0) is 13.8. The summed E-state index contributed by atoms with van der Waals surface area (Å²) in [5.41, 5.74) is 1.72. The Morgan fingerprint density at radius 1 is 1.53 bits per heavy atom. The van der Waals surface area contributed by atoms with Crippen molar-refractivity contribution in [2.45, 2.75) is 13.3 Å². The van der Waals surface area contributed by atoms with Crippen LogP contribution in [0.4, 0.5) is 0 Å². The molecule has 0 aliphatic heterocycles. The largest absolute Gasteiger partial charge is 0.481 e. The molecule has 2 rings (SSSR count). The SMILES string of the molecule is C#CCOc1ccc2c(C)c(CC=C)c(=O)oc2c1. The zero-order valence-electron chi connectivity index (χ0n) is 10.7. The Morgan fingerprint density at radius 3 is 3.00 bits per heavy atom. The molecular formula is C16H14O3. The first-order valence-electron chi connectivity index (χ1n) is 5.91. The van der Waals surface area contributed by atoms with Gasteiger partial charge in [-0.15, -0.1) is 13.0 Å². The van der Waals surface area contributed by atoms with Crippen LogP contribution in [0.15, 0.2) is 40.1 Å². The Morgan fingerprint density at radius 2 is 2.32 bits per heavy atom. The first-order chi connectivity index (χ1) is 9.17. The number of rotatable bonds is 4. The molecule has 1 aromatic heterocycles. The van der Waals surface area contributed by atoms with Crippen molar-refractivity contribution in [1.82, 2.24) is 0 Å². The summed E-state index contributed by atoms with van der Waals surface area (Å²) in [5, 5.41) is 0.893. The minimum absolute atomic E-state index is 0.184. The molecule has 0 aliphatic carbocycles. The first kappa shape index (κ1) is 13.0. The lowest BCUT2D eigenvalue weighted by Crippen LogP contribution is -2.09. The molecule has 0 amide bonds. The maximum absolute atomic E-state index is 11.9. The van der Waals surface area contributed by atoms with E-state index in [2.05, 4.69) is 12.5 Å². The van der Waals surface area contributed by atoms with Crippen molar-refractivity contribution in [2.75, 3.05) is 6.61 Å². The van der Waals surface area contributed by atoms with Crippen molar-refractivity contribution in [2.24, 2.45) is 0 Å². The molecule has 0 radical (unpaired) electrons. The van der Waals surface area contributed by atoms with Crippen LogP contribution in [0.3, 0.4) is 0 Å². The Balaban J connectivity index is 2.57. The van der Waals surface area contributed by atoms with E-state index in [1.165, 1.54) is 0 Å².